The molecule has 0 atom stereocenters. The highest BCUT2D eigenvalue weighted by Gasteiger charge is 2.33. The number of benzene rings is 1. The van der Waals surface area contributed by atoms with Crippen LogP contribution in [-0.2, 0) is 0 Å². The Hall–Kier alpha value is -1.46. The zero-order valence-electron chi connectivity index (χ0n) is 15.5. The van der Waals surface area contributed by atoms with Crippen LogP contribution in [0.2, 0.25) is 0 Å². The van der Waals surface area contributed by atoms with E-state index in [9.17, 15) is 4.79 Å². The average molecular weight is 416 g/mol. The van der Waals surface area contributed by atoms with Gasteiger partial charge in [0.15, 0.2) is 5.78 Å². The molecule has 2 saturated carbocycles. The van der Waals surface area contributed by atoms with Gasteiger partial charge >= 0.3 is 0 Å². The van der Waals surface area contributed by atoms with Gasteiger partial charge in [0.25, 0.3) is 0 Å². The second kappa shape index (κ2) is 7.28. The van der Waals surface area contributed by atoms with E-state index < -0.39 is 0 Å². The number of halogens is 1. The van der Waals surface area contributed by atoms with Gasteiger partial charge in [-0.15, -0.1) is 0 Å². The molecule has 0 radical (unpaired) electrons. The molecule has 0 spiro atoms. The fourth-order valence-corrected chi connectivity index (χ4v) is 4.37. The second-order valence-corrected chi connectivity index (χ2v) is 8.88. The third-order valence-corrected chi connectivity index (χ3v) is 6.31. The molecule has 0 aliphatic heterocycles. The standard InChI is InChI=1S/C21H26BrN3O/c1-25(2)16-8-6-15(7-9-16)24-20-17-11-14(22)5-10-19(17)23-12-18(20)21(26)13-3-4-13/h5,10-13,15-16H,3-4,6-9H2,1-2H3,(H,23,24)/t15-,16-. The molecular weight excluding hydrogens is 390 g/mol. The second-order valence-electron chi connectivity index (χ2n) is 7.96. The van der Waals surface area contributed by atoms with Crippen LogP contribution in [0.1, 0.15) is 48.9 Å². The Kier molecular flexibility index (Phi) is 5.02. The predicted octanol–water partition coefficient (Wildman–Crippen LogP) is 4.87. The van der Waals surface area contributed by atoms with Crippen molar-refractivity contribution >= 4 is 38.3 Å². The minimum atomic E-state index is 0.200. The van der Waals surface area contributed by atoms with Crippen LogP contribution in [0.25, 0.3) is 10.9 Å². The first-order valence-electron chi connectivity index (χ1n) is 9.58. The van der Waals surface area contributed by atoms with Crippen molar-refractivity contribution in [2.24, 2.45) is 5.92 Å². The van der Waals surface area contributed by atoms with Gasteiger partial charge in [0.05, 0.1) is 16.8 Å². The Bertz CT molecular complexity index is 823. The van der Waals surface area contributed by atoms with Crippen molar-refractivity contribution in [3.8, 4) is 0 Å². The smallest absolute Gasteiger partial charge is 0.169 e. The number of fused-ring (bicyclic) bond motifs is 1. The van der Waals surface area contributed by atoms with E-state index in [4.69, 9.17) is 0 Å². The predicted molar refractivity (Wildman–Crippen MR) is 110 cm³/mol. The summed E-state index contributed by atoms with van der Waals surface area (Å²) in [5, 5.41) is 4.78. The van der Waals surface area contributed by atoms with Crippen LogP contribution < -0.4 is 5.32 Å². The lowest BCUT2D eigenvalue weighted by atomic mass is 9.90. The van der Waals surface area contributed by atoms with Gasteiger partial charge in [-0.05, 0) is 70.8 Å². The number of Topliss-reactive ketones (excluding diaryl/α,β-unsaturated/α-hetero) is 1. The van der Waals surface area contributed by atoms with E-state index in [-0.39, 0.29) is 11.7 Å². The fourth-order valence-electron chi connectivity index (χ4n) is 4.01. The first kappa shape index (κ1) is 17.9. The zero-order valence-corrected chi connectivity index (χ0v) is 17.1. The maximum atomic E-state index is 12.8. The lowest BCUT2D eigenvalue weighted by molar-refractivity contribution is 0.0968. The molecule has 4 nitrogen and oxygen atoms in total. The number of nitrogens with zero attached hydrogens (tertiary/aromatic N) is 2. The summed E-state index contributed by atoms with van der Waals surface area (Å²) in [6.07, 6.45) is 8.48. The van der Waals surface area contributed by atoms with Crippen LogP contribution in [0.4, 0.5) is 5.69 Å². The number of nitrogens with one attached hydrogen (secondary N) is 1. The normalized spacial score (nSPS) is 23.4. The number of ketones is 1. The molecule has 138 valence electrons. The monoisotopic (exact) mass is 415 g/mol. The lowest BCUT2D eigenvalue weighted by Crippen LogP contribution is -2.36. The third kappa shape index (κ3) is 3.65. The van der Waals surface area contributed by atoms with Crippen LogP contribution in [0.5, 0.6) is 0 Å². The Balaban J connectivity index is 1.66. The summed E-state index contributed by atoms with van der Waals surface area (Å²) in [6.45, 7) is 0. The number of rotatable bonds is 5. The Morgan fingerprint density at radius 2 is 1.88 bits per heavy atom. The molecule has 4 rings (SSSR count). The van der Waals surface area contributed by atoms with Crippen molar-refractivity contribution in [3.63, 3.8) is 0 Å². The van der Waals surface area contributed by atoms with E-state index in [2.05, 4.69) is 51.3 Å². The van der Waals surface area contributed by atoms with E-state index in [1.807, 2.05) is 12.1 Å². The number of carbonyl (C=O) groups is 1. The van der Waals surface area contributed by atoms with Gasteiger partial charge in [-0.25, -0.2) is 0 Å². The molecular formula is C21H26BrN3O. The summed E-state index contributed by atoms with van der Waals surface area (Å²) in [6, 6.07) is 7.19. The number of aromatic nitrogens is 1. The van der Waals surface area contributed by atoms with E-state index in [1.165, 1.54) is 12.8 Å². The summed E-state index contributed by atoms with van der Waals surface area (Å²) in [7, 11) is 4.33. The summed E-state index contributed by atoms with van der Waals surface area (Å²) >= 11 is 3.57. The van der Waals surface area contributed by atoms with Crippen LogP contribution in [0.3, 0.4) is 0 Å². The van der Waals surface area contributed by atoms with E-state index >= 15 is 0 Å². The maximum absolute atomic E-state index is 12.8. The van der Waals surface area contributed by atoms with Gasteiger partial charge in [0.2, 0.25) is 0 Å². The summed E-state index contributed by atoms with van der Waals surface area (Å²) in [4.78, 5) is 19.7. The van der Waals surface area contributed by atoms with Gasteiger partial charge in [-0.3, -0.25) is 9.78 Å². The number of hydrogen-bond acceptors (Lipinski definition) is 4. The molecule has 2 aliphatic rings. The molecule has 0 bridgehead atoms. The number of anilines is 1. The average Bonchev–Trinajstić information content (AvgIpc) is 3.47. The molecule has 1 aromatic heterocycles. The molecule has 1 heterocycles. The largest absolute Gasteiger partial charge is 0.381 e. The van der Waals surface area contributed by atoms with Crippen molar-refractivity contribution in [2.75, 3.05) is 19.4 Å². The van der Waals surface area contributed by atoms with Crippen LogP contribution in [-0.4, -0.2) is 41.8 Å². The van der Waals surface area contributed by atoms with Gasteiger partial charge in [0, 0.05) is 34.1 Å². The van der Waals surface area contributed by atoms with Crippen molar-refractivity contribution in [1.29, 1.82) is 0 Å². The summed E-state index contributed by atoms with van der Waals surface area (Å²) in [5.74, 6) is 0.454. The highest BCUT2D eigenvalue weighted by molar-refractivity contribution is 9.10. The lowest BCUT2D eigenvalue weighted by Gasteiger charge is -2.34. The molecule has 26 heavy (non-hydrogen) atoms. The van der Waals surface area contributed by atoms with Crippen LogP contribution in [0.15, 0.2) is 28.9 Å². The number of pyridine rings is 1. The third-order valence-electron chi connectivity index (χ3n) is 5.82. The van der Waals surface area contributed by atoms with Crippen LogP contribution in [0, 0.1) is 5.92 Å². The molecule has 0 saturated heterocycles. The summed E-state index contributed by atoms with van der Waals surface area (Å²) < 4.78 is 1.02. The van der Waals surface area contributed by atoms with Gasteiger partial charge in [-0.2, -0.15) is 0 Å². The van der Waals surface area contributed by atoms with E-state index in [1.54, 1.807) is 6.20 Å². The van der Waals surface area contributed by atoms with Crippen molar-refractivity contribution in [2.45, 2.75) is 50.6 Å². The highest BCUT2D eigenvalue weighted by Crippen LogP contribution is 2.38. The van der Waals surface area contributed by atoms with Crippen molar-refractivity contribution < 1.29 is 4.79 Å². The quantitative estimate of drug-likeness (QED) is 0.707. The molecule has 2 aliphatic carbocycles. The Morgan fingerprint density at radius 1 is 1.15 bits per heavy atom. The molecule has 0 unspecified atom stereocenters. The Morgan fingerprint density at radius 3 is 2.54 bits per heavy atom. The fraction of sp³-hybridized carbons (Fsp3) is 0.524. The first-order chi connectivity index (χ1) is 12.5. The van der Waals surface area contributed by atoms with Gasteiger partial charge in [0.1, 0.15) is 0 Å². The minimum absolute atomic E-state index is 0.200. The minimum Gasteiger partial charge on any atom is -0.381 e. The topological polar surface area (TPSA) is 45.2 Å². The SMILES string of the molecule is CN(C)[C@H]1CC[C@H](Nc2c(C(=O)C3CC3)cnc3ccc(Br)cc23)CC1. The molecule has 2 aromatic rings. The van der Waals surface area contributed by atoms with Gasteiger partial charge in [-0.1, -0.05) is 15.9 Å². The van der Waals surface area contributed by atoms with Gasteiger partial charge < -0.3 is 10.2 Å². The molecule has 5 heteroatoms. The van der Waals surface area contributed by atoms with Crippen LogP contribution >= 0.6 is 15.9 Å². The maximum Gasteiger partial charge on any atom is 0.169 e. The first-order valence-corrected chi connectivity index (χ1v) is 10.4. The molecule has 2 fully saturated rings. The zero-order chi connectivity index (χ0) is 18.3. The summed E-state index contributed by atoms with van der Waals surface area (Å²) in [5.41, 5.74) is 2.69. The van der Waals surface area contributed by atoms with Crippen molar-refractivity contribution in [1.82, 2.24) is 9.88 Å². The molecule has 0 amide bonds. The number of carbonyl (C=O) groups excluding carboxylic acids is 1. The van der Waals surface area contributed by atoms with E-state index in [0.29, 0.717) is 12.1 Å². The molecule has 1 N–H and O–H groups in total. The number of hydrogen-bond donors (Lipinski definition) is 1. The highest BCUT2D eigenvalue weighted by atomic mass is 79.9. The Labute approximate surface area is 163 Å². The van der Waals surface area contributed by atoms with Crippen molar-refractivity contribution in [3.05, 3.63) is 34.4 Å². The molecule has 1 aromatic carbocycles. The van der Waals surface area contributed by atoms with E-state index in [0.717, 1.165) is 52.3 Å².